The third kappa shape index (κ3) is 3.64. The molecule has 166 valence electrons. The predicted octanol–water partition coefficient (Wildman–Crippen LogP) is 2.94. The Morgan fingerprint density at radius 1 is 1.10 bits per heavy atom. The predicted molar refractivity (Wildman–Crippen MR) is 117 cm³/mol. The van der Waals surface area contributed by atoms with E-state index in [1.807, 2.05) is 24.3 Å². The van der Waals surface area contributed by atoms with E-state index in [2.05, 4.69) is 0 Å². The molecule has 1 aliphatic heterocycles. The van der Waals surface area contributed by atoms with Crippen LogP contribution in [0.5, 0.6) is 0 Å². The van der Waals surface area contributed by atoms with Gasteiger partial charge in [-0.05, 0) is 43.7 Å². The fourth-order valence-electron chi connectivity index (χ4n) is 5.37. The first-order valence-electron chi connectivity index (χ1n) is 10.8. The highest BCUT2D eigenvalue weighted by molar-refractivity contribution is 8.13. The smallest absolute Gasteiger partial charge is 0.328 e. The molecule has 3 aliphatic rings. The van der Waals surface area contributed by atoms with Gasteiger partial charge in [0.25, 0.3) is 5.91 Å². The van der Waals surface area contributed by atoms with Crippen LogP contribution in [0.3, 0.4) is 0 Å². The molecule has 0 bridgehead atoms. The van der Waals surface area contributed by atoms with Gasteiger partial charge in [0.2, 0.25) is 0 Å². The van der Waals surface area contributed by atoms with Crippen molar-refractivity contribution in [3.05, 3.63) is 35.4 Å². The van der Waals surface area contributed by atoms with Crippen LogP contribution in [0.15, 0.2) is 24.3 Å². The second kappa shape index (κ2) is 8.30. The lowest BCUT2D eigenvalue weighted by Crippen LogP contribution is -2.56. The molecule has 1 aromatic carbocycles. The number of thioether (sulfide) groups is 1. The highest BCUT2D eigenvalue weighted by Gasteiger charge is 2.64. The van der Waals surface area contributed by atoms with Crippen molar-refractivity contribution in [3.63, 3.8) is 0 Å². The number of nitrogens with zero attached hydrogens (tertiary/aromatic N) is 2. The first-order chi connectivity index (χ1) is 14.8. The fourth-order valence-corrected chi connectivity index (χ4v) is 6.17. The largest absolute Gasteiger partial charge is 0.465 e. The monoisotopic (exact) mass is 444 g/mol. The highest BCUT2D eigenvalue weighted by Crippen LogP contribution is 2.47. The zero-order chi connectivity index (χ0) is 22.2. The van der Waals surface area contributed by atoms with Crippen LogP contribution < -0.4 is 0 Å². The van der Waals surface area contributed by atoms with Crippen LogP contribution in [0.25, 0.3) is 0 Å². The van der Waals surface area contributed by atoms with Gasteiger partial charge in [0.1, 0.15) is 12.1 Å². The molecule has 0 N–H and O–H groups in total. The molecule has 1 heterocycles. The third-order valence-corrected chi connectivity index (χ3v) is 7.83. The van der Waals surface area contributed by atoms with Crippen molar-refractivity contribution in [1.82, 2.24) is 9.80 Å². The first kappa shape index (κ1) is 21.9. The van der Waals surface area contributed by atoms with E-state index in [-0.39, 0.29) is 24.2 Å². The lowest BCUT2D eigenvalue weighted by Gasteiger charge is -2.36. The summed E-state index contributed by atoms with van der Waals surface area (Å²) < 4.78 is 5.09. The zero-order valence-corrected chi connectivity index (χ0v) is 18.8. The van der Waals surface area contributed by atoms with Crippen LogP contribution in [0.1, 0.15) is 50.7 Å². The summed E-state index contributed by atoms with van der Waals surface area (Å²) in [5, 5.41) is -0.0478. The van der Waals surface area contributed by atoms with Gasteiger partial charge in [0.05, 0.1) is 12.1 Å². The number of ether oxygens (including phenoxy) is 1. The van der Waals surface area contributed by atoms with Gasteiger partial charge in [-0.25, -0.2) is 4.79 Å². The average Bonchev–Trinajstić information content (AvgIpc) is 3.40. The number of esters is 1. The first-order valence-corrected chi connectivity index (χ1v) is 11.8. The van der Waals surface area contributed by atoms with Crippen LogP contribution >= 0.6 is 11.8 Å². The minimum Gasteiger partial charge on any atom is -0.465 e. The van der Waals surface area contributed by atoms with Gasteiger partial charge < -0.3 is 4.74 Å². The van der Waals surface area contributed by atoms with Crippen LogP contribution in [0.4, 0.5) is 4.79 Å². The summed E-state index contributed by atoms with van der Waals surface area (Å²) in [6.45, 7) is 3.22. The topological polar surface area (TPSA) is 84.0 Å². The number of benzene rings is 1. The molecule has 0 radical (unpaired) electrons. The molecule has 1 saturated heterocycles. The number of rotatable bonds is 6. The maximum atomic E-state index is 13.9. The van der Waals surface area contributed by atoms with Crippen molar-refractivity contribution in [2.24, 2.45) is 0 Å². The maximum Gasteiger partial charge on any atom is 0.328 e. The summed E-state index contributed by atoms with van der Waals surface area (Å²) in [5.41, 5.74) is 0.396. The zero-order valence-electron chi connectivity index (χ0n) is 18.0. The molecule has 2 fully saturated rings. The summed E-state index contributed by atoms with van der Waals surface area (Å²) in [6.07, 6.45) is 3.81. The Morgan fingerprint density at radius 3 is 2.26 bits per heavy atom. The minimum atomic E-state index is -0.980. The van der Waals surface area contributed by atoms with E-state index in [0.717, 1.165) is 35.7 Å². The Hall–Kier alpha value is -2.35. The molecule has 1 aromatic rings. The quantitative estimate of drug-likeness (QED) is 0.496. The Balaban J connectivity index is 1.73. The molecular weight excluding hydrogens is 416 g/mol. The number of hydrogen-bond donors (Lipinski definition) is 0. The molecule has 4 rings (SSSR count). The second-order valence-electron chi connectivity index (χ2n) is 8.68. The Labute approximate surface area is 186 Å². The molecule has 1 spiro atoms. The molecule has 7 nitrogen and oxygen atoms in total. The number of fused-ring (bicyclic) bond motifs is 1. The van der Waals surface area contributed by atoms with Crippen LogP contribution in [0.2, 0.25) is 0 Å². The van der Waals surface area contributed by atoms with Crippen LogP contribution in [0, 0.1) is 0 Å². The van der Waals surface area contributed by atoms with E-state index in [1.165, 1.54) is 16.7 Å². The summed E-state index contributed by atoms with van der Waals surface area (Å²) in [7, 11) is 0. The van der Waals surface area contributed by atoms with E-state index >= 15 is 0 Å². The lowest BCUT2D eigenvalue weighted by atomic mass is 9.91. The number of carbonyl (C=O) groups excluding carboxylic acids is 4. The molecular formula is C23H28N2O5S. The van der Waals surface area contributed by atoms with Gasteiger partial charge in [-0.1, -0.05) is 48.9 Å². The standard InChI is InChI=1S/C23H28N2O5S/c1-3-30-19(27)14-24-21(29)25(20(28)23(24)10-6-7-11-23)22(15-31-16(2)26)12-17-8-4-5-9-18(17)13-22/h4-5,8-9H,3,6-7,10-15H2,1-2H3. The van der Waals surface area contributed by atoms with Gasteiger partial charge in [0, 0.05) is 12.7 Å². The number of urea groups is 1. The van der Waals surface area contributed by atoms with Crippen LogP contribution in [-0.2, 0) is 32.0 Å². The molecule has 8 heteroatoms. The molecule has 0 unspecified atom stereocenters. The fraction of sp³-hybridized carbons (Fsp3) is 0.565. The Morgan fingerprint density at radius 2 is 1.71 bits per heavy atom. The molecule has 3 amide bonds. The van der Waals surface area contributed by atoms with Gasteiger partial charge in [-0.3, -0.25) is 24.2 Å². The second-order valence-corrected chi connectivity index (χ2v) is 9.83. The number of amides is 3. The maximum absolute atomic E-state index is 13.9. The summed E-state index contributed by atoms with van der Waals surface area (Å²) in [4.78, 5) is 54.6. The van der Waals surface area contributed by atoms with E-state index in [9.17, 15) is 19.2 Å². The average molecular weight is 445 g/mol. The molecule has 0 atom stereocenters. The van der Waals surface area contributed by atoms with Crippen molar-refractivity contribution in [2.45, 2.75) is 63.5 Å². The van der Waals surface area contributed by atoms with Crippen molar-refractivity contribution >= 4 is 34.8 Å². The Kier molecular flexibility index (Phi) is 5.85. The SMILES string of the molecule is CCOC(=O)CN1C(=O)N(C2(CSC(C)=O)Cc3ccccc3C2)C(=O)C12CCCC2. The molecule has 31 heavy (non-hydrogen) atoms. The van der Waals surface area contributed by atoms with Crippen LogP contribution in [-0.4, -0.2) is 62.8 Å². The number of carbonyl (C=O) groups is 4. The van der Waals surface area contributed by atoms with Crippen molar-refractivity contribution in [1.29, 1.82) is 0 Å². The van der Waals surface area contributed by atoms with Gasteiger partial charge in [-0.2, -0.15) is 0 Å². The highest BCUT2D eigenvalue weighted by atomic mass is 32.2. The van der Waals surface area contributed by atoms with E-state index in [4.69, 9.17) is 4.74 Å². The number of hydrogen-bond acceptors (Lipinski definition) is 6. The van der Waals surface area contributed by atoms with E-state index in [0.29, 0.717) is 31.4 Å². The summed E-state index contributed by atoms with van der Waals surface area (Å²) >= 11 is 1.15. The van der Waals surface area contributed by atoms with Crippen molar-refractivity contribution in [3.8, 4) is 0 Å². The van der Waals surface area contributed by atoms with Gasteiger partial charge >= 0.3 is 12.0 Å². The van der Waals surface area contributed by atoms with Gasteiger partial charge in [-0.15, -0.1) is 0 Å². The third-order valence-electron chi connectivity index (χ3n) is 6.74. The molecule has 0 aromatic heterocycles. The summed E-state index contributed by atoms with van der Waals surface area (Å²) in [6, 6.07) is 7.50. The Bertz CT molecular complexity index is 899. The lowest BCUT2D eigenvalue weighted by molar-refractivity contribution is -0.145. The number of imide groups is 1. The summed E-state index contributed by atoms with van der Waals surface area (Å²) in [5.74, 6) is -0.382. The van der Waals surface area contributed by atoms with Crippen molar-refractivity contribution < 1.29 is 23.9 Å². The van der Waals surface area contributed by atoms with E-state index in [1.54, 1.807) is 6.92 Å². The normalized spacial score (nSPS) is 21.1. The van der Waals surface area contributed by atoms with E-state index < -0.39 is 23.1 Å². The minimum absolute atomic E-state index is 0.0478. The van der Waals surface area contributed by atoms with Crippen molar-refractivity contribution in [2.75, 3.05) is 18.9 Å². The molecule has 2 aliphatic carbocycles. The molecule has 1 saturated carbocycles. The van der Waals surface area contributed by atoms with Gasteiger partial charge in [0.15, 0.2) is 5.12 Å².